The van der Waals surface area contributed by atoms with Crippen molar-refractivity contribution in [2.75, 3.05) is 13.2 Å². The van der Waals surface area contributed by atoms with E-state index < -0.39 is 4.92 Å². The van der Waals surface area contributed by atoms with Gasteiger partial charge in [0.15, 0.2) is 12.7 Å². The third-order valence-electron chi connectivity index (χ3n) is 1.76. The minimum absolute atomic E-state index is 0.0843. The number of rotatable bonds is 4. The Kier molecular flexibility index (Phi) is 3.34. The van der Waals surface area contributed by atoms with Gasteiger partial charge in [-0.2, -0.15) is 0 Å². The summed E-state index contributed by atoms with van der Waals surface area (Å²) >= 11 is 0. The zero-order valence-corrected chi connectivity index (χ0v) is 8.03. The molecule has 0 fully saturated rings. The highest BCUT2D eigenvalue weighted by Crippen LogP contribution is 2.08. The van der Waals surface area contributed by atoms with Crippen molar-refractivity contribution >= 4 is 12.2 Å². The van der Waals surface area contributed by atoms with Crippen molar-refractivity contribution in [3.05, 3.63) is 27.2 Å². The van der Waals surface area contributed by atoms with E-state index in [0.29, 0.717) is 10.4 Å². The molecule has 0 saturated carbocycles. The molecule has 0 unspecified atom stereocenters. The highest BCUT2D eigenvalue weighted by molar-refractivity contribution is 5.73. The summed E-state index contributed by atoms with van der Waals surface area (Å²) in [6, 6.07) is 0. The zero-order chi connectivity index (χ0) is 11.4. The number of hydrogen-bond acceptors (Lipinski definition) is 5. The molecule has 1 N–H and O–H groups in total. The van der Waals surface area contributed by atoms with E-state index in [1.54, 1.807) is 0 Å². The van der Waals surface area contributed by atoms with Crippen molar-refractivity contribution in [1.82, 2.24) is 9.55 Å². The number of aromatic nitrogens is 2. The van der Waals surface area contributed by atoms with Gasteiger partial charge in [-0.3, -0.25) is 0 Å². The molecule has 0 spiro atoms. The molecule has 0 aromatic carbocycles. The van der Waals surface area contributed by atoms with Crippen LogP contribution in [0, 0.1) is 15.3 Å². The van der Waals surface area contributed by atoms with Crippen molar-refractivity contribution < 1.29 is 14.8 Å². The number of hydroxylamine groups is 1. The first-order chi connectivity index (χ1) is 7.06. The molecule has 8 heteroatoms. The molecule has 1 rings (SSSR count). The standard InChI is InChI=1S/C7H10N4O4/c1-9-6(5-10(13)2-3-12)4-8-7(9)11(14)15/h4-5,12H,2-3H2,1H3. The van der Waals surface area contributed by atoms with Crippen LogP contribution in [0.5, 0.6) is 0 Å². The third-order valence-corrected chi connectivity index (χ3v) is 1.76. The Hall–Kier alpha value is -1.96. The van der Waals surface area contributed by atoms with Crippen LogP contribution < -0.4 is 0 Å². The molecule has 8 nitrogen and oxygen atoms in total. The van der Waals surface area contributed by atoms with Gasteiger partial charge in [-0.05, 0) is 4.92 Å². The summed E-state index contributed by atoms with van der Waals surface area (Å²) in [6.45, 7) is -0.362. The third kappa shape index (κ3) is 2.50. The van der Waals surface area contributed by atoms with Gasteiger partial charge in [-0.15, -0.1) is 0 Å². The molecular weight excluding hydrogens is 204 g/mol. The Morgan fingerprint density at radius 2 is 2.33 bits per heavy atom. The molecule has 0 bridgehead atoms. The van der Waals surface area contributed by atoms with Crippen molar-refractivity contribution in [2.24, 2.45) is 7.05 Å². The molecule has 15 heavy (non-hydrogen) atoms. The summed E-state index contributed by atoms with van der Waals surface area (Å²) in [7, 11) is 1.43. The molecule has 1 aromatic rings. The molecule has 0 atom stereocenters. The van der Waals surface area contributed by atoms with Crippen LogP contribution in [0.1, 0.15) is 5.69 Å². The van der Waals surface area contributed by atoms with E-state index >= 15 is 0 Å². The van der Waals surface area contributed by atoms with E-state index in [4.69, 9.17) is 5.11 Å². The number of aliphatic hydroxyl groups excluding tert-OH is 1. The van der Waals surface area contributed by atoms with Crippen molar-refractivity contribution in [3.8, 4) is 0 Å². The molecule has 0 aliphatic carbocycles. The Labute approximate surface area is 84.8 Å². The SMILES string of the molecule is Cn1c(C=[N+]([O-])CCO)cnc1[N+](=O)[O-]. The Balaban J connectivity index is 2.97. The van der Waals surface area contributed by atoms with Crippen LogP contribution in [0.15, 0.2) is 6.20 Å². The Morgan fingerprint density at radius 3 is 2.80 bits per heavy atom. The minimum atomic E-state index is -0.640. The smallest absolute Gasteiger partial charge is 0.435 e. The first-order valence-corrected chi connectivity index (χ1v) is 4.12. The van der Waals surface area contributed by atoms with Crippen LogP contribution in [-0.2, 0) is 7.05 Å². The quantitative estimate of drug-likeness (QED) is 0.233. The van der Waals surface area contributed by atoms with Gasteiger partial charge in [0.1, 0.15) is 6.61 Å². The summed E-state index contributed by atoms with van der Waals surface area (Å²) in [6.07, 6.45) is 2.36. The first-order valence-electron chi connectivity index (χ1n) is 4.12. The second-order valence-corrected chi connectivity index (χ2v) is 2.79. The fourth-order valence-electron chi connectivity index (χ4n) is 1.01. The molecule has 0 aliphatic rings. The molecule has 1 heterocycles. The van der Waals surface area contributed by atoms with Crippen molar-refractivity contribution in [2.45, 2.75) is 0 Å². The number of nitrogens with zero attached hydrogens (tertiary/aromatic N) is 4. The van der Waals surface area contributed by atoms with Crippen LogP contribution in [0.25, 0.3) is 0 Å². The number of aliphatic hydroxyl groups is 1. The lowest BCUT2D eigenvalue weighted by molar-refractivity contribution is -0.455. The van der Waals surface area contributed by atoms with E-state index in [1.807, 2.05) is 0 Å². The highest BCUT2D eigenvalue weighted by atomic mass is 16.6. The van der Waals surface area contributed by atoms with E-state index in [2.05, 4.69) is 4.98 Å². The van der Waals surface area contributed by atoms with Crippen LogP contribution >= 0.6 is 0 Å². The summed E-state index contributed by atoms with van der Waals surface area (Å²) in [5.41, 5.74) is 0.310. The molecular formula is C7H10N4O4. The number of nitro groups is 1. The summed E-state index contributed by atoms with van der Waals surface area (Å²) in [4.78, 5) is 13.3. The Morgan fingerprint density at radius 1 is 1.67 bits per heavy atom. The second kappa shape index (κ2) is 4.51. The normalized spacial score (nSPS) is 11.7. The predicted octanol–water partition coefficient (Wildman–Crippen LogP) is -0.750. The van der Waals surface area contributed by atoms with Crippen LogP contribution in [0.3, 0.4) is 0 Å². The van der Waals surface area contributed by atoms with Gasteiger partial charge >= 0.3 is 5.95 Å². The number of imidazole rings is 1. The van der Waals surface area contributed by atoms with E-state index in [-0.39, 0.29) is 19.1 Å². The maximum absolute atomic E-state index is 11.0. The minimum Gasteiger partial charge on any atom is -0.624 e. The molecule has 0 amide bonds. The monoisotopic (exact) mass is 214 g/mol. The van der Waals surface area contributed by atoms with Crippen molar-refractivity contribution in [1.29, 1.82) is 0 Å². The van der Waals surface area contributed by atoms with E-state index in [1.165, 1.54) is 17.8 Å². The predicted molar refractivity (Wildman–Crippen MR) is 50.6 cm³/mol. The van der Waals surface area contributed by atoms with Crippen molar-refractivity contribution in [3.63, 3.8) is 0 Å². The lowest BCUT2D eigenvalue weighted by Gasteiger charge is -2.00. The maximum Gasteiger partial charge on any atom is 0.435 e. The second-order valence-electron chi connectivity index (χ2n) is 2.79. The summed E-state index contributed by atoms with van der Waals surface area (Å²) < 4.78 is 1.67. The fraction of sp³-hybridized carbons (Fsp3) is 0.429. The van der Waals surface area contributed by atoms with Crippen LogP contribution in [0.4, 0.5) is 5.95 Å². The largest absolute Gasteiger partial charge is 0.624 e. The molecule has 0 saturated heterocycles. The maximum atomic E-state index is 11.0. The van der Waals surface area contributed by atoms with Gasteiger partial charge in [0.2, 0.25) is 11.9 Å². The van der Waals surface area contributed by atoms with Crippen LogP contribution in [0.2, 0.25) is 0 Å². The van der Waals surface area contributed by atoms with Gasteiger partial charge in [-0.25, -0.2) is 9.31 Å². The van der Waals surface area contributed by atoms with E-state index in [9.17, 15) is 15.3 Å². The molecule has 0 radical (unpaired) electrons. The summed E-state index contributed by atoms with van der Waals surface area (Å²) in [5.74, 6) is -0.335. The van der Waals surface area contributed by atoms with Gasteiger partial charge < -0.3 is 20.4 Å². The highest BCUT2D eigenvalue weighted by Gasteiger charge is 2.17. The summed E-state index contributed by atoms with van der Waals surface area (Å²) in [5, 5.41) is 29.9. The van der Waals surface area contributed by atoms with Gasteiger partial charge in [-0.1, -0.05) is 4.98 Å². The van der Waals surface area contributed by atoms with E-state index in [0.717, 1.165) is 6.21 Å². The molecule has 82 valence electrons. The molecule has 1 aromatic heterocycles. The average Bonchev–Trinajstić information content (AvgIpc) is 2.48. The number of hydrogen-bond donors (Lipinski definition) is 1. The van der Waals surface area contributed by atoms with Gasteiger partial charge in [0.05, 0.1) is 7.05 Å². The lowest BCUT2D eigenvalue weighted by Crippen LogP contribution is -2.12. The Bertz CT molecular complexity index is 398. The fourth-order valence-corrected chi connectivity index (χ4v) is 1.01. The van der Waals surface area contributed by atoms with Crippen LogP contribution in [-0.4, -0.2) is 43.7 Å². The lowest BCUT2D eigenvalue weighted by atomic mass is 10.5. The topological polar surface area (TPSA) is 107 Å². The average molecular weight is 214 g/mol. The first kappa shape index (κ1) is 11.1. The van der Waals surface area contributed by atoms with Gasteiger partial charge in [0.25, 0.3) is 0 Å². The zero-order valence-electron chi connectivity index (χ0n) is 8.03. The van der Waals surface area contributed by atoms with Gasteiger partial charge in [0, 0.05) is 0 Å². The molecule has 0 aliphatic heterocycles.